The molecule has 10 nitrogen and oxygen atoms in total. The van der Waals surface area contributed by atoms with Crippen LogP contribution in [0, 0.1) is 3.57 Å². The number of carbonyl (C=O) groups is 3. The molecule has 6 rings (SSSR count). The van der Waals surface area contributed by atoms with Crippen LogP contribution in [0.25, 0.3) is 0 Å². The molecule has 4 fully saturated rings. The van der Waals surface area contributed by atoms with Gasteiger partial charge in [0.05, 0.1) is 10.1 Å². The lowest BCUT2D eigenvalue weighted by atomic mass is 10.0. The highest BCUT2D eigenvalue weighted by Gasteiger charge is 2.37. The molecule has 0 radical (unpaired) electrons. The number of benzene rings is 1. The van der Waals surface area contributed by atoms with Crippen LogP contribution in [0.4, 0.5) is 4.79 Å². The second-order valence-corrected chi connectivity index (χ2v) is 12.7. The number of likely N-dealkylation sites (tertiary alicyclic amines) is 3. The molecule has 208 valence electrons. The summed E-state index contributed by atoms with van der Waals surface area (Å²) in [6.45, 7) is 7.46. The lowest BCUT2D eigenvalue weighted by Gasteiger charge is -2.48. The summed E-state index contributed by atoms with van der Waals surface area (Å²) >= 11 is 3.61. The Hall–Kier alpha value is -2.45. The number of urea groups is 1. The first-order valence-corrected chi connectivity index (χ1v) is 15.6. The van der Waals surface area contributed by atoms with E-state index >= 15 is 0 Å². The quantitative estimate of drug-likeness (QED) is 0.457. The van der Waals surface area contributed by atoms with Gasteiger partial charge in [-0.05, 0) is 53.6 Å². The van der Waals surface area contributed by atoms with Crippen LogP contribution in [0.15, 0.2) is 29.8 Å². The highest BCUT2D eigenvalue weighted by molar-refractivity contribution is 14.1. The number of aromatic nitrogens is 1. The third-order valence-electron chi connectivity index (χ3n) is 8.15. The van der Waals surface area contributed by atoms with Crippen molar-refractivity contribution in [1.82, 2.24) is 29.5 Å². The summed E-state index contributed by atoms with van der Waals surface area (Å²) in [6.07, 6.45) is 4.64. The highest BCUT2D eigenvalue weighted by atomic mass is 127. The van der Waals surface area contributed by atoms with Gasteiger partial charge in [-0.15, -0.1) is 11.3 Å². The van der Waals surface area contributed by atoms with E-state index in [1.54, 1.807) is 6.20 Å². The predicted molar refractivity (Wildman–Crippen MR) is 155 cm³/mol. The van der Waals surface area contributed by atoms with Gasteiger partial charge in [-0.1, -0.05) is 0 Å². The van der Waals surface area contributed by atoms with Gasteiger partial charge in [-0.25, -0.2) is 9.78 Å². The molecule has 5 heterocycles. The summed E-state index contributed by atoms with van der Waals surface area (Å²) in [5.74, 6) is 0.814. The fourth-order valence-electron chi connectivity index (χ4n) is 5.80. The number of hydrogen-bond donors (Lipinski definition) is 0. The van der Waals surface area contributed by atoms with Crippen LogP contribution in [-0.4, -0.2) is 125 Å². The normalized spacial score (nSPS) is 22.3. The van der Waals surface area contributed by atoms with Gasteiger partial charge in [0.2, 0.25) is 0 Å². The molecule has 1 aromatic heterocycles. The summed E-state index contributed by atoms with van der Waals surface area (Å²) in [4.78, 5) is 52.5. The van der Waals surface area contributed by atoms with Gasteiger partial charge >= 0.3 is 6.03 Å². The van der Waals surface area contributed by atoms with E-state index < -0.39 is 0 Å². The van der Waals surface area contributed by atoms with Crippen LogP contribution < -0.4 is 4.74 Å². The van der Waals surface area contributed by atoms with E-state index in [2.05, 4.69) is 32.5 Å². The zero-order chi connectivity index (χ0) is 26.9. The van der Waals surface area contributed by atoms with Gasteiger partial charge < -0.3 is 24.3 Å². The third kappa shape index (κ3) is 5.73. The number of piperazine rings is 1. The monoisotopic (exact) mass is 664 g/mol. The molecule has 4 amide bonds. The topological polar surface area (TPSA) is 89.5 Å². The molecule has 0 spiro atoms. The summed E-state index contributed by atoms with van der Waals surface area (Å²) in [5, 5.41) is 2.38. The molecule has 1 unspecified atom stereocenters. The fraction of sp³-hybridized carbons (Fsp3) is 0.556. The van der Waals surface area contributed by atoms with Gasteiger partial charge in [0.1, 0.15) is 11.9 Å². The fourth-order valence-corrected chi connectivity index (χ4v) is 7.05. The van der Waals surface area contributed by atoms with Crippen LogP contribution in [0.5, 0.6) is 5.75 Å². The lowest BCUT2D eigenvalue weighted by Crippen LogP contribution is -2.64. The van der Waals surface area contributed by atoms with Crippen LogP contribution in [-0.2, 0) is 0 Å². The van der Waals surface area contributed by atoms with Crippen molar-refractivity contribution in [2.45, 2.75) is 31.4 Å². The minimum atomic E-state index is -0.0277. The molecule has 0 saturated carbocycles. The molecule has 4 aliphatic heterocycles. The molecule has 39 heavy (non-hydrogen) atoms. The molecule has 0 N–H and O–H groups in total. The number of rotatable bonds is 5. The number of nitrogens with zero attached hydrogens (tertiary/aromatic N) is 6. The van der Waals surface area contributed by atoms with Crippen molar-refractivity contribution >= 4 is 51.8 Å². The van der Waals surface area contributed by atoms with Crippen LogP contribution in [0.1, 0.15) is 39.4 Å². The summed E-state index contributed by atoms with van der Waals surface area (Å²) in [5.41, 5.74) is 0.668. The number of halogens is 1. The summed E-state index contributed by atoms with van der Waals surface area (Å²) in [7, 11) is 0. The van der Waals surface area contributed by atoms with Crippen molar-refractivity contribution in [3.63, 3.8) is 0 Å². The zero-order valence-corrected chi connectivity index (χ0v) is 24.8. The Balaban J connectivity index is 0.962. The Kier molecular flexibility index (Phi) is 7.94. The van der Waals surface area contributed by atoms with Crippen molar-refractivity contribution in [3.05, 3.63) is 43.9 Å². The predicted octanol–water partition coefficient (Wildman–Crippen LogP) is 2.70. The summed E-state index contributed by atoms with van der Waals surface area (Å²) < 4.78 is 7.15. The maximum atomic E-state index is 13.1. The molecule has 1 aromatic carbocycles. The average molecular weight is 665 g/mol. The molecular formula is C27H33IN6O4S. The van der Waals surface area contributed by atoms with Crippen LogP contribution in [0.3, 0.4) is 0 Å². The first-order chi connectivity index (χ1) is 19.0. The SMILES string of the molecule is O=C(c1ccc(OC2CCN(C(=O)N3CCCC3)C2)c(I)c1)N1CC(N2CCN(C(=O)c3nccs3)CC2)C1. The van der Waals surface area contributed by atoms with E-state index in [1.165, 1.54) is 11.3 Å². The van der Waals surface area contributed by atoms with Gasteiger partial charge in [-0.3, -0.25) is 14.5 Å². The standard InChI is InChI=1S/C27H33IN6O4S/c28-22-15-19(3-4-23(22)38-21-5-9-33(18-21)27(37)32-7-1-2-8-32)25(35)34-16-20(17-34)30-10-12-31(13-11-30)26(36)24-29-6-14-39-24/h3-4,6,14-15,20-21H,1-2,5,7-13,16-18H2. The van der Waals surface area contributed by atoms with E-state index in [4.69, 9.17) is 4.74 Å². The minimum absolute atomic E-state index is 0.0120. The average Bonchev–Trinajstić information content (AvgIpc) is 3.72. The van der Waals surface area contributed by atoms with Crippen molar-refractivity contribution in [1.29, 1.82) is 0 Å². The first-order valence-electron chi connectivity index (χ1n) is 13.7. The highest BCUT2D eigenvalue weighted by Crippen LogP contribution is 2.28. The lowest BCUT2D eigenvalue weighted by molar-refractivity contribution is 0.00852. The molecule has 4 saturated heterocycles. The Labute approximate surface area is 246 Å². The Morgan fingerprint density at radius 2 is 1.64 bits per heavy atom. The van der Waals surface area contributed by atoms with Crippen LogP contribution in [0.2, 0.25) is 0 Å². The third-order valence-corrected chi connectivity index (χ3v) is 9.75. The van der Waals surface area contributed by atoms with Gasteiger partial charge in [0.15, 0.2) is 5.01 Å². The van der Waals surface area contributed by atoms with E-state index in [1.807, 2.05) is 43.2 Å². The molecule has 4 aliphatic rings. The number of thiazole rings is 1. The number of amides is 4. The van der Waals surface area contributed by atoms with Crippen LogP contribution >= 0.6 is 33.9 Å². The second kappa shape index (κ2) is 11.6. The molecule has 0 aliphatic carbocycles. The van der Waals surface area contributed by atoms with E-state index in [0.717, 1.165) is 61.3 Å². The van der Waals surface area contributed by atoms with Gasteiger partial charge in [0, 0.05) is 88.5 Å². The molecule has 1 atom stereocenters. The Morgan fingerprint density at radius 1 is 0.872 bits per heavy atom. The number of ether oxygens (including phenoxy) is 1. The maximum absolute atomic E-state index is 13.1. The molecule has 2 aromatic rings. The van der Waals surface area contributed by atoms with Crippen molar-refractivity contribution in [2.75, 3.05) is 65.4 Å². The maximum Gasteiger partial charge on any atom is 0.320 e. The number of carbonyl (C=O) groups excluding carboxylic acids is 3. The van der Waals surface area contributed by atoms with Gasteiger partial charge in [0.25, 0.3) is 11.8 Å². The second-order valence-electron chi connectivity index (χ2n) is 10.6. The smallest absolute Gasteiger partial charge is 0.320 e. The van der Waals surface area contributed by atoms with E-state index in [-0.39, 0.29) is 23.9 Å². The van der Waals surface area contributed by atoms with Gasteiger partial charge in [-0.2, -0.15) is 0 Å². The number of hydrogen-bond acceptors (Lipinski definition) is 7. The molecule has 12 heteroatoms. The summed E-state index contributed by atoms with van der Waals surface area (Å²) in [6, 6.07) is 6.10. The van der Waals surface area contributed by atoms with E-state index in [0.29, 0.717) is 49.3 Å². The Bertz CT molecular complexity index is 1210. The molecule has 0 bridgehead atoms. The van der Waals surface area contributed by atoms with Crippen molar-refractivity contribution in [3.8, 4) is 5.75 Å². The van der Waals surface area contributed by atoms with Crippen molar-refractivity contribution in [2.24, 2.45) is 0 Å². The first kappa shape index (κ1) is 26.8. The van der Waals surface area contributed by atoms with E-state index in [9.17, 15) is 14.4 Å². The van der Waals surface area contributed by atoms with Crippen molar-refractivity contribution < 1.29 is 19.1 Å². The minimum Gasteiger partial charge on any atom is -0.487 e. The zero-order valence-electron chi connectivity index (χ0n) is 21.8. The molecular weight excluding hydrogens is 631 g/mol. The largest absolute Gasteiger partial charge is 0.487 e. The Morgan fingerprint density at radius 3 is 2.33 bits per heavy atom.